The van der Waals surface area contributed by atoms with E-state index in [0.29, 0.717) is 25.2 Å². The van der Waals surface area contributed by atoms with Crippen molar-refractivity contribution in [3.05, 3.63) is 59.2 Å². The van der Waals surface area contributed by atoms with E-state index in [1.54, 1.807) is 17.0 Å². The predicted molar refractivity (Wildman–Crippen MR) is 103 cm³/mol. The van der Waals surface area contributed by atoms with Gasteiger partial charge in [-0.2, -0.15) is 0 Å². The van der Waals surface area contributed by atoms with Crippen molar-refractivity contribution in [3.8, 4) is 5.75 Å². The third kappa shape index (κ3) is 3.60. The molecule has 27 heavy (non-hydrogen) atoms. The van der Waals surface area contributed by atoms with E-state index in [9.17, 15) is 9.59 Å². The number of ether oxygens (including phenoxy) is 1. The summed E-state index contributed by atoms with van der Waals surface area (Å²) in [4.78, 5) is 26.2. The predicted octanol–water partition coefficient (Wildman–Crippen LogP) is 2.65. The lowest BCUT2D eigenvalue weighted by Gasteiger charge is -2.26. The van der Waals surface area contributed by atoms with E-state index in [0.717, 1.165) is 29.8 Å². The zero-order chi connectivity index (χ0) is 18.8. The van der Waals surface area contributed by atoms with E-state index >= 15 is 0 Å². The maximum absolute atomic E-state index is 12.6. The van der Waals surface area contributed by atoms with Crippen LogP contribution in [0.15, 0.2) is 42.5 Å². The largest absolute Gasteiger partial charge is 0.488 e. The van der Waals surface area contributed by atoms with Gasteiger partial charge in [-0.3, -0.25) is 9.69 Å². The molecular weight excluding hydrogens is 342 g/mol. The van der Waals surface area contributed by atoms with Crippen LogP contribution < -0.4 is 20.3 Å². The Labute approximate surface area is 158 Å². The Morgan fingerprint density at radius 3 is 2.96 bits per heavy atom. The van der Waals surface area contributed by atoms with Crippen LogP contribution in [0.25, 0.3) is 0 Å². The summed E-state index contributed by atoms with van der Waals surface area (Å²) in [6, 6.07) is 13.4. The zero-order valence-electron chi connectivity index (χ0n) is 15.3. The van der Waals surface area contributed by atoms with Gasteiger partial charge in [-0.1, -0.05) is 24.3 Å². The molecule has 2 aromatic rings. The summed E-state index contributed by atoms with van der Waals surface area (Å²) in [6.45, 7) is 3.63. The molecule has 2 aliphatic rings. The van der Waals surface area contributed by atoms with Crippen LogP contribution in [0.4, 0.5) is 10.5 Å². The number of nitrogens with one attached hydrogen (secondary N) is 2. The molecule has 3 amide bonds. The summed E-state index contributed by atoms with van der Waals surface area (Å²) < 4.78 is 5.98. The Balaban J connectivity index is 1.41. The molecule has 1 atom stereocenters. The van der Waals surface area contributed by atoms with Gasteiger partial charge in [-0.05, 0) is 49.1 Å². The molecule has 2 aromatic carbocycles. The Kier molecular flexibility index (Phi) is 4.71. The number of para-hydroxylation sites is 1. The SMILES string of the molecule is Cc1ccc(C(=O)NCC2CCc3ccccc3O2)cc1N1CCNC1=O. The number of hydrogen-bond donors (Lipinski definition) is 2. The highest BCUT2D eigenvalue weighted by molar-refractivity contribution is 5.99. The molecule has 0 aliphatic carbocycles. The van der Waals surface area contributed by atoms with Crippen molar-refractivity contribution in [2.75, 3.05) is 24.5 Å². The number of carbonyl (C=O) groups is 2. The van der Waals surface area contributed by atoms with Crippen LogP contribution in [0, 0.1) is 6.92 Å². The second-order valence-electron chi connectivity index (χ2n) is 6.98. The summed E-state index contributed by atoms with van der Waals surface area (Å²) in [5.41, 5.74) is 3.51. The zero-order valence-corrected chi connectivity index (χ0v) is 15.3. The van der Waals surface area contributed by atoms with E-state index in [1.807, 2.05) is 31.2 Å². The molecule has 6 heteroatoms. The first-order chi connectivity index (χ1) is 13.1. The summed E-state index contributed by atoms with van der Waals surface area (Å²) in [5, 5.41) is 5.76. The second kappa shape index (κ2) is 7.31. The number of urea groups is 1. The van der Waals surface area contributed by atoms with Crippen molar-refractivity contribution in [2.45, 2.75) is 25.9 Å². The molecule has 1 fully saturated rings. The molecule has 0 saturated carbocycles. The lowest BCUT2D eigenvalue weighted by molar-refractivity contribution is 0.0918. The van der Waals surface area contributed by atoms with Gasteiger partial charge in [0.25, 0.3) is 5.91 Å². The summed E-state index contributed by atoms with van der Waals surface area (Å²) in [6.07, 6.45) is 1.80. The number of fused-ring (bicyclic) bond motifs is 1. The van der Waals surface area contributed by atoms with Gasteiger partial charge in [0.15, 0.2) is 0 Å². The van der Waals surface area contributed by atoms with Gasteiger partial charge in [0, 0.05) is 24.3 Å². The molecule has 1 saturated heterocycles. The van der Waals surface area contributed by atoms with Gasteiger partial charge in [-0.25, -0.2) is 4.79 Å². The molecule has 6 nitrogen and oxygen atoms in total. The standard InChI is InChI=1S/C21H23N3O3/c1-14-6-7-16(12-18(14)24-11-10-22-21(24)26)20(25)23-13-17-9-8-15-4-2-3-5-19(15)27-17/h2-7,12,17H,8-11,13H2,1H3,(H,22,26)(H,23,25). The Morgan fingerprint density at radius 2 is 2.15 bits per heavy atom. The van der Waals surface area contributed by atoms with Crippen molar-refractivity contribution in [3.63, 3.8) is 0 Å². The minimum absolute atomic E-state index is 0.0295. The van der Waals surface area contributed by atoms with Crippen LogP contribution in [-0.2, 0) is 6.42 Å². The molecule has 0 aromatic heterocycles. The van der Waals surface area contributed by atoms with Crippen LogP contribution in [0.3, 0.4) is 0 Å². The average Bonchev–Trinajstić information content (AvgIpc) is 3.12. The number of rotatable bonds is 4. The fourth-order valence-corrected chi connectivity index (χ4v) is 3.58. The van der Waals surface area contributed by atoms with E-state index in [2.05, 4.69) is 16.7 Å². The molecule has 2 N–H and O–H groups in total. The van der Waals surface area contributed by atoms with Gasteiger partial charge in [-0.15, -0.1) is 0 Å². The highest BCUT2D eigenvalue weighted by atomic mass is 16.5. The monoisotopic (exact) mass is 365 g/mol. The number of benzene rings is 2. The van der Waals surface area contributed by atoms with Gasteiger partial charge in [0.05, 0.1) is 6.54 Å². The first-order valence-electron chi connectivity index (χ1n) is 9.30. The van der Waals surface area contributed by atoms with Crippen molar-refractivity contribution in [1.82, 2.24) is 10.6 Å². The topological polar surface area (TPSA) is 70.7 Å². The summed E-state index contributed by atoms with van der Waals surface area (Å²) in [5.74, 6) is 0.749. The van der Waals surface area contributed by atoms with Crippen molar-refractivity contribution >= 4 is 17.6 Å². The molecule has 2 heterocycles. The lowest BCUT2D eigenvalue weighted by Crippen LogP contribution is -2.37. The highest BCUT2D eigenvalue weighted by Gasteiger charge is 2.24. The van der Waals surface area contributed by atoms with Crippen LogP contribution in [0.5, 0.6) is 5.75 Å². The van der Waals surface area contributed by atoms with Crippen molar-refractivity contribution in [1.29, 1.82) is 0 Å². The summed E-state index contributed by atoms with van der Waals surface area (Å²) >= 11 is 0. The van der Waals surface area contributed by atoms with Gasteiger partial charge >= 0.3 is 6.03 Å². The molecule has 0 radical (unpaired) electrons. The lowest BCUT2D eigenvalue weighted by atomic mass is 10.0. The number of aryl methyl sites for hydroxylation is 2. The normalized spacial score (nSPS) is 18.5. The number of carbonyl (C=O) groups excluding carboxylic acids is 2. The fourth-order valence-electron chi connectivity index (χ4n) is 3.58. The molecule has 1 unspecified atom stereocenters. The quantitative estimate of drug-likeness (QED) is 0.875. The molecular formula is C21H23N3O3. The molecule has 140 valence electrons. The van der Waals surface area contributed by atoms with Crippen molar-refractivity contribution < 1.29 is 14.3 Å². The average molecular weight is 365 g/mol. The van der Waals surface area contributed by atoms with Crippen LogP contribution >= 0.6 is 0 Å². The van der Waals surface area contributed by atoms with Crippen molar-refractivity contribution in [2.24, 2.45) is 0 Å². The van der Waals surface area contributed by atoms with Gasteiger partial charge in [0.1, 0.15) is 11.9 Å². The Morgan fingerprint density at radius 1 is 1.30 bits per heavy atom. The number of hydrogen-bond acceptors (Lipinski definition) is 3. The maximum Gasteiger partial charge on any atom is 0.322 e. The highest BCUT2D eigenvalue weighted by Crippen LogP contribution is 2.27. The summed E-state index contributed by atoms with van der Waals surface area (Å²) in [7, 11) is 0. The first-order valence-corrected chi connectivity index (χ1v) is 9.30. The minimum Gasteiger partial charge on any atom is -0.488 e. The number of nitrogens with zero attached hydrogens (tertiary/aromatic N) is 1. The molecule has 4 rings (SSSR count). The minimum atomic E-state index is -0.154. The molecule has 0 spiro atoms. The Hall–Kier alpha value is -3.02. The first kappa shape index (κ1) is 17.4. The smallest absolute Gasteiger partial charge is 0.322 e. The van der Waals surface area contributed by atoms with E-state index < -0.39 is 0 Å². The maximum atomic E-state index is 12.6. The third-order valence-electron chi connectivity index (χ3n) is 5.11. The van der Waals surface area contributed by atoms with E-state index in [1.165, 1.54) is 5.56 Å². The van der Waals surface area contributed by atoms with Crippen LogP contribution in [0.1, 0.15) is 27.9 Å². The van der Waals surface area contributed by atoms with Gasteiger partial charge in [0.2, 0.25) is 0 Å². The van der Waals surface area contributed by atoms with Crippen LogP contribution in [0.2, 0.25) is 0 Å². The molecule has 0 bridgehead atoms. The third-order valence-corrected chi connectivity index (χ3v) is 5.11. The van der Waals surface area contributed by atoms with E-state index in [4.69, 9.17) is 4.74 Å². The van der Waals surface area contributed by atoms with Gasteiger partial charge < -0.3 is 15.4 Å². The second-order valence-corrected chi connectivity index (χ2v) is 6.98. The van der Waals surface area contributed by atoms with E-state index in [-0.39, 0.29) is 18.0 Å². The fraction of sp³-hybridized carbons (Fsp3) is 0.333. The molecule has 2 aliphatic heterocycles. The van der Waals surface area contributed by atoms with Crippen LogP contribution in [-0.4, -0.2) is 37.7 Å². The Bertz CT molecular complexity index is 881. The number of amides is 3. The number of anilines is 1.